The minimum absolute atomic E-state index is 0.0161. The first-order valence-corrected chi connectivity index (χ1v) is 7.62. The topological polar surface area (TPSA) is 38.3 Å². The third-order valence-electron chi connectivity index (χ3n) is 3.45. The molecule has 0 aliphatic rings. The van der Waals surface area contributed by atoms with Crippen molar-refractivity contribution in [2.45, 2.75) is 39.5 Å². The van der Waals surface area contributed by atoms with E-state index in [-0.39, 0.29) is 18.1 Å². The van der Waals surface area contributed by atoms with Gasteiger partial charge >= 0.3 is 0 Å². The molecule has 0 aliphatic carbocycles. The average Bonchev–Trinajstić information content (AvgIpc) is 2.54. The molecule has 0 fully saturated rings. The van der Waals surface area contributed by atoms with Gasteiger partial charge in [0.15, 0.2) is 0 Å². The Labute approximate surface area is 132 Å². The van der Waals surface area contributed by atoms with Crippen LogP contribution in [0.1, 0.15) is 48.3 Å². The van der Waals surface area contributed by atoms with Gasteiger partial charge in [0.05, 0.1) is 18.8 Å². The number of hydrogen-bond acceptors (Lipinski definition) is 2. The van der Waals surface area contributed by atoms with Crippen molar-refractivity contribution in [2.75, 3.05) is 0 Å². The van der Waals surface area contributed by atoms with Crippen LogP contribution in [0.3, 0.4) is 0 Å². The number of amides is 1. The van der Waals surface area contributed by atoms with Crippen LogP contribution in [0.15, 0.2) is 54.6 Å². The largest absolute Gasteiger partial charge is 0.374 e. The van der Waals surface area contributed by atoms with Gasteiger partial charge in [0.1, 0.15) is 0 Å². The van der Waals surface area contributed by atoms with Crippen molar-refractivity contribution >= 4 is 5.91 Å². The Hall–Kier alpha value is -2.13. The van der Waals surface area contributed by atoms with Crippen LogP contribution in [-0.4, -0.2) is 12.0 Å². The molecule has 0 aliphatic heterocycles. The third-order valence-corrected chi connectivity index (χ3v) is 3.45. The van der Waals surface area contributed by atoms with E-state index in [0.29, 0.717) is 12.2 Å². The van der Waals surface area contributed by atoms with Gasteiger partial charge in [0.25, 0.3) is 5.91 Å². The Morgan fingerprint density at radius 3 is 2.23 bits per heavy atom. The van der Waals surface area contributed by atoms with Gasteiger partial charge in [-0.25, -0.2) is 0 Å². The van der Waals surface area contributed by atoms with Crippen LogP contribution in [-0.2, 0) is 11.3 Å². The van der Waals surface area contributed by atoms with E-state index >= 15 is 0 Å². The number of benzene rings is 2. The zero-order chi connectivity index (χ0) is 15.9. The minimum Gasteiger partial charge on any atom is -0.374 e. The fourth-order valence-corrected chi connectivity index (χ4v) is 2.12. The number of ether oxygens (including phenoxy) is 1. The summed E-state index contributed by atoms with van der Waals surface area (Å²) in [5.41, 5.74) is 2.83. The SMILES string of the molecule is CC(C)OCc1ccc(C(=O)N[C@H](C)c2ccccc2)cc1. The standard InChI is InChI=1S/C19H23NO2/c1-14(2)22-13-16-9-11-18(12-10-16)19(21)20-15(3)17-7-5-4-6-8-17/h4-12,14-15H,13H2,1-3H3,(H,20,21)/t15-/m1/s1. The normalized spacial score (nSPS) is 12.2. The van der Waals surface area contributed by atoms with E-state index in [1.807, 2.05) is 75.4 Å². The van der Waals surface area contributed by atoms with Crippen LogP contribution >= 0.6 is 0 Å². The molecule has 3 nitrogen and oxygen atoms in total. The molecule has 0 spiro atoms. The molecule has 0 heterocycles. The van der Waals surface area contributed by atoms with Crippen molar-refractivity contribution in [3.8, 4) is 0 Å². The number of hydrogen-bond donors (Lipinski definition) is 1. The van der Waals surface area contributed by atoms with Crippen molar-refractivity contribution in [1.29, 1.82) is 0 Å². The number of carbonyl (C=O) groups excluding carboxylic acids is 1. The van der Waals surface area contributed by atoms with E-state index in [2.05, 4.69) is 5.32 Å². The summed E-state index contributed by atoms with van der Waals surface area (Å²) in [7, 11) is 0. The molecule has 0 aromatic heterocycles. The molecule has 116 valence electrons. The highest BCUT2D eigenvalue weighted by Crippen LogP contribution is 2.13. The molecule has 2 aromatic carbocycles. The number of nitrogens with one attached hydrogen (secondary N) is 1. The lowest BCUT2D eigenvalue weighted by molar-refractivity contribution is 0.0656. The smallest absolute Gasteiger partial charge is 0.251 e. The summed E-state index contributed by atoms with van der Waals surface area (Å²) in [6, 6.07) is 17.5. The van der Waals surface area contributed by atoms with Gasteiger partial charge in [-0.2, -0.15) is 0 Å². The van der Waals surface area contributed by atoms with Gasteiger partial charge in [-0.05, 0) is 44.0 Å². The van der Waals surface area contributed by atoms with Crippen molar-refractivity contribution in [3.63, 3.8) is 0 Å². The maximum atomic E-state index is 12.3. The van der Waals surface area contributed by atoms with Gasteiger partial charge < -0.3 is 10.1 Å². The van der Waals surface area contributed by atoms with Crippen molar-refractivity contribution in [3.05, 3.63) is 71.3 Å². The Morgan fingerprint density at radius 2 is 1.64 bits per heavy atom. The Morgan fingerprint density at radius 1 is 1.00 bits per heavy atom. The molecule has 2 aromatic rings. The summed E-state index contributed by atoms with van der Waals surface area (Å²) < 4.78 is 5.55. The molecule has 0 saturated carbocycles. The maximum absolute atomic E-state index is 12.3. The van der Waals surface area contributed by atoms with Gasteiger partial charge in [-0.3, -0.25) is 4.79 Å². The number of carbonyl (C=O) groups is 1. The van der Waals surface area contributed by atoms with Crippen LogP contribution in [0, 0.1) is 0 Å². The maximum Gasteiger partial charge on any atom is 0.251 e. The molecule has 0 unspecified atom stereocenters. The molecular weight excluding hydrogens is 274 g/mol. The fraction of sp³-hybridized carbons (Fsp3) is 0.316. The second kappa shape index (κ2) is 7.76. The lowest BCUT2D eigenvalue weighted by Gasteiger charge is -2.14. The van der Waals surface area contributed by atoms with Crippen LogP contribution in [0.5, 0.6) is 0 Å². The predicted molar refractivity (Wildman–Crippen MR) is 88.7 cm³/mol. The van der Waals surface area contributed by atoms with Crippen LogP contribution in [0.25, 0.3) is 0 Å². The minimum atomic E-state index is -0.0623. The first kappa shape index (κ1) is 16.2. The van der Waals surface area contributed by atoms with Crippen molar-refractivity contribution < 1.29 is 9.53 Å². The Balaban J connectivity index is 1.95. The second-order valence-electron chi connectivity index (χ2n) is 5.66. The number of rotatable bonds is 6. The summed E-state index contributed by atoms with van der Waals surface area (Å²) in [5, 5.41) is 3.01. The van der Waals surface area contributed by atoms with Crippen LogP contribution in [0.4, 0.5) is 0 Å². The molecular formula is C19H23NO2. The summed E-state index contributed by atoms with van der Waals surface area (Å²) in [5.74, 6) is -0.0623. The molecule has 0 saturated heterocycles. The zero-order valence-electron chi connectivity index (χ0n) is 13.4. The molecule has 1 amide bonds. The second-order valence-corrected chi connectivity index (χ2v) is 5.66. The molecule has 22 heavy (non-hydrogen) atoms. The quantitative estimate of drug-likeness (QED) is 0.871. The Bertz CT molecular complexity index is 591. The van der Waals surface area contributed by atoms with Gasteiger partial charge in [0, 0.05) is 5.56 Å². The molecule has 1 N–H and O–H groups in total. The summed E-state index contributed by atoms with van der Waals surface area (Å²) in [6.45, 7) is 6.57. The summed E-state index contributed by atoms with van der Waals surface area (Å²) in [6.07, 6.45) is 0.203. The highest BCUT2D eigenvalue weighted by molar-refractivity contribution is 5.94. The Kier molecular flexibility index (Phi) is 5.73. The lowest BCUT2D eigenvalue weighted by atomic mass is 10.1. The zero-order valence-corrected chi connectivity index (χ0v) is 13.4. The highest BCUT2D eigenvalue weighted by atomic mass is 16.5. The predicted octanol–water partition coefficient (Wildman–Crippen LogP) is 4.10. The first-order valence-electron chi connectivity index (χ1n) is 7.62. The van der Waals surface area contributed by atoms with Gasteiger partial charge in [0.2, 0.25) is 0 Å². The molecule has 0 bridgehead atoms. The highest BCUT2D eigenvalue weighted by Gasteiger charge is 2.11. The summed E-state index contributed by atoms with van der Waals surface area (Å²) >= 11 is 0. The molecule has 2 rings (SSSR count). The van der Waals surface area contributed by atoms with E-state index in [1.165, 1.54) is 0 Å². The first-order chi connectivity index (χ1) is 10.6. The van der Waals surface area contributed by atoms with Crippen molar-refractivity contribution in [2.24, 2.45) is 0 Å². The van der Waals surface area contributed by atoms with Crippen LogP contribution in [0.2, 0.25) is 0 Å². The van der Waals surface area contributed by atoms with E-state index in [9.17, 15) is 4.79 Å². The van der Waals surface area contributed by atoms with Gasteiger partial charge in [-0.1, -0.05) is 42.5 Å². The van der Waals surface area contributed by atoms with E-state index in [4.69, 9.17) is 4.74 Å². The van der Waals surface area contributed by atoms with E-state index in [0.717, 1.165) is 11.1 Å². The molecule has 3 heteroatoms. The summed E-state index contributed by atoms with van der Waals surface area (Å²) in [4.78, 5) is 12.3. The lowest BCUT2D eigenvalue weighted by Crippen LogP contribution is -2.26. The third kappa shape index (κ3) is 4.71. The monoisotopic (exact) mass is 297 g/mol. The molecule has 1 atom stereocenters. The van der Waals surface area contributed by atoms with Crippen molar-refractivity contribution in [1.82, 2.24) is 5.32 Å². The average molecular weight is 297 g/mol. The molecule has 0 radical (unpaired) electrons. The van der Waals surface area contributed by atoms with E-state index in [1.54, 1.807) is 0 Å². The van der Waals surface area contributed by atoms with Crippen LogP contribution < -0.4 is 5.32 Å². The van der Waals surface area contributed by atoms with Gasteiger partial charge in [-0.15, -0.1) is 0 Å². The fourth-order valence-electron chi connectivity index (χ4n) is 2.12. The van der Waals surface area contributed by atoms with E-state index < -0.39 is 0 Å².